The van der Waals surface area contributed by atoms with E-state index in [1.54, 1.807) is 4.90 Å². The van der Waals surface area contributed by atoms with E-state index in [1.807, 2.05) is 13.8 Å². The Bertz CT molecular complexity index is 683. The number of nitrogens with zero attached hydrogens (tertiary/aromatic N) is 4. The molecule has 2 aliphatic heterocycles. The third-order valence-corrected chi connectivity index (χ3v) is 5.55. The molecule has 2 saturated heterocycles. The van der Waals surface area contributed by atoms with Crippen molar-refractivity contribution < 1.29 is 14.4 Å². The van der Waals surface area contributed by atoms with E-state index < -0.39 is 0 Å². The van der Waals surface area contributed by atoms with Crippen LogP contribution in [0.15, 0.2) is 16.7 Å². The standard InChI is InChI=1S/C16H23N5O3/c1-9(2)17-7-10(3)13-18-19-14(24-13)11-6-16(4-5-16)12-8-20(11)15(22)21(12)23/h10-12,17,23H,1,4-8H2,2-3H3/t10-,11+,12+/m1/s1. The monoisotopic (exact) mass is 333 g/mol. The molecule has 8 heteroatoms. The van der Waals surface area contributed by atoms with Gasteiger partial charge in [0.05, 0.1) is 12.0 Å². The minimum Gasteiger partial charge on any atom is -0.423 e. The lowest BCUT2D eigenvalue weighted by molar-refractivity contribution is -0.0783. The van der Waals surface area contributed by atoms with E-state index in [9.17, 15) is 10.0 Å². The maximum atomic E-state index is 12.3. The van der Waals surface area contributed by atoms with Gasteiger partial charge in [-0.3, -0.25) is 5.21 Å². The van der Waals surface area contributed by atoms with Gasteiger partial charge >= 0.3 is 6.03 Å². The number of rotatable bonds is 5. The summed E-state index contributed by atoms with van der Waals surface area (Å²) >= 11 is 0. The number of piperidine rings is 1. The predicted octanol–water partition coefficient (Wildman–Crippen LogP) is 2.02. The molecule has 1 saturated carbocycles. The van der Waals surface area contributed by atoms with Crippen LogP contribution in [0.2, 0.25) is 0 Å². The summed E-state index contributed by atoms with van der Waals surface area (Å²) in [5, 5.41) is 22.5. The van der Waals surface area contributed by atoms with Gasteiger partial charge < -0.3 is 14.6 Å². The number of hydroxylamine groups is 2. The molecular weight excluding hydrogens is 310 g/mol. The highest BCUT2D eigenvalue weighted by atomic mass is 16.5. The first-order valence-electron chi connectivity index (χ1n) is 8.43. The maximum absolute atomic E-state index is 12.3. The van der Waals surface area contributed by atoms with Crippen molar-refractivity contribution in [1.82, 2.24) is 25.5 Å². The van der Waals surface area contributed by atoms with Crippen LogP contribution in [0.5, 0.6) is 0 Å². The molecule has 1 spiro atoms. The normalized spacial score (nSPS) is 28.4. The van der Waals surface area contributed by atoms with E-state index in [0.29, 0.717) is 24.9 Å². The Balaban J connectivity index is 1.54. The van der Waals surface area contributed by atoms with E-state index >= 15 is 0 Å². The number of carbonyl (C=O) groups excluding carboxylic acids is 1. The molecular formula is C16H23N5O3. The molecule has 1 aromatic heterocycles. The summed E-state index contributed by atoms with van der Waals surface area (Å²) in [5.74, 6) is 1.08. The van der Waals surface area contributed by atoms with Gasteiger partial charge in [-0.1, -0.05) is 13.5 Å². The van der Waals surface area contributed by atoms with Crippen molar-refractivity contribution in [3.05, 3.63) is 24.1 Å². The molecule has 1 aliphatic carbocycles. The van der Waals surface area contributed by atoms with E-state index in [0.717, 1.165) is 30.0 Å². The van der Waals surface area contributed by atoms with Gasteiger partial charge in [0.1, 0.15) is 6.04 Å². The highest BCUT2D eigenvalue weighted by molar-refractivity contribution is 5.77. The third kappa shape index (κ3) is 2.28. The number of aromatic nitrogens is 2. The third-order valence-electron chi connectivity index (χ3n) is 5.55. The zero-order chi connectivity index (χ0) is 17.1. The summed E-state index contributed by atoms with van der Waals surface area (Å²) in [4.78, 5) is 14.0. The van der Waals surface area contributed by atoms with Crippen LogP contribution in [0.25, 0.3) is 0 Å². The van der Waals surface area contributed by atoms with Crippen LogP contribution in [-0.4, -0.2) is 50.5 Å². The van der Waals surface area contributed by atoms with Crippen LogP contribution >= 0.6 is 0 Å². The van der Waals surface area contributed by atoms with Crippen LogP contribution < -0.4 is 5.32 Å². The van der Waals surface area contributed by atoms with E-state index in [2.05, 4.69) is 22.1 Å². The minimum absolute atomic E-state index is 0.0177. The molecule has 2 amide bonds. The fourth-order valence-electron chi connectivity index (χ4n) is 3.87. The van der Waals surface area contributed by atoms with Gasteiger partial charge in [0.15, 0.2) is 0 Å². The quantitative estimate of drug-likeness (QED) is 0.801. The van der Waals surface area contributed by atoms with Crippen molar-refractivity contribution >= 4 is 6.03 Å². The topological polar surface area (TPSA) is 94.7 Å². The predicted molar refractivity (Wildman–Crippen MR) is 84.1 cm³/mol. The lowest BCUT2D eigenvalue weighted by atomic mass is 9.85. The van der Waals surface area contributed by atoms with Crippen LogP contribution in [0, 0.1) is 5.41 Å². The largest absolute Gasteiger partial charge is 0.423 e. The molecule has 2 N–H and O–H groups in total. The Kier molecular flexibility index (Phi) is 3.35. The number of allylic oxidation sites excluding steroid dienone is 1. The van der Waals surface area contributed by atoms with Gasteiger partial charge in [-0.25, -0.2) is 9.86 Å². The van der Waals surface area contributed by atoms with Gasteiger partial charge in [-0.2, -0.15) is 0 Å². The first kappa shape index (κ1) is 15.4. The zero-order valence-corrected chi connectivity index (χ0v) is 14.0. The number of nitrogens with one attached hydrogen (secondary N) is 1. The molecule has 2 bridgehead atoms. The molecule has 1 aromatic rings. The number of hydrogen-bond donors (Lipinski definition) is 2. The lowest BCUT2D eigenvalue weighted by Crippen LogP contribution is -2.41. The van der Waals surface area contributed by atoms with Crippen molar-refractivity contribution in [2.75, 3.05) is 13.1 Å². The molecule has 3 heterocycles. The summed E-state index contributed by atoms with van der Waals surface area (Å²) in [6.45, 7) is 8.92. The molecule has 0 unspecified atom stereocenters. The Morgan fingerprint density at radius 3 is 2.96 bits per heavy atom. The van der Waals surface area contributed by atoms with Crippen LogP contribution in [-0.2, 0) is 0 Å². The van der Waals surface area contributed by atoms with Gasteiger partial charge in [-0.15, -0.1) is 10.2 Å². The number of fused-ring (bicyclic) bond motifs is 3. The molecule has 4 rings (SSSR count). The average molecular weight is 333 g/mol. The molecule has 130 valence electrons. The minimum atomic E-state index is -0.356. The van der Waals surface area contributed by atoms with Crippen LogP contribution in [0.4, 0.5) is 4.79 Å². The molecule has 3 atom stereocenters. The second kappa shape index (κ2) is 5.20. The summed E-state index contributed by atoms with van der Waals surface area (Å²) in [6, 6.07) is -0.691. The fraction of sp³-hybridized carbons (Fsp3) is 0.688. The highest BCUT2D eigenvalue weighted by Crippen LogP contribution is 2.61. The van der Waals surface area contributed by atoms with E-state index in [1.165, 1.54) is 0 Å². The Morgan fingerprint density at radius 1 is 1.54 bits per heavy atom. The van der Waals surface area contributed by atoms with Crippen molar-refractivity contribution in [2.45, 2.75) is 51.1 Å². The SMILES string of the molecule is C=C(C)NC[C@@H](C)c1nnc([C@@H]2CC3(CC3)[C@@H]3CN2C(=O)N3O)o1. The van der Waals surface area contributed by atoms with Crippen molar-refractivity contribution in [3.63, 3.8) is 0 Å². The number of hydrogen-bond acceptors (Lipinski definition) is 6. The number of amides is 2. The Morgan fingerprint density at radius 2 is 2.29 bits per heavy atom. The summed E-state index contributed by atoms with van der Waals surface area (Å²) in [6.07, 6.45) is 2.85. The second-order valence-corrected chi connectivity index (χ2v) is 7.42. The van der Waals surface area contributed by atoms with Crippen molar-refractivity contribution in [2.24, 2.45) is 5.41 Å². The summed E-state index contributed by atoms with van der Waals surface area (Å²) < 4.78 is 5.89. The second-order valence-electron chi connectivity index (χ2n) is 7.42. The van der Waals surface area contributed by atoms with Gasteiger partial charge in [0, 0.05) is 18.8 Å². The maximum Gasteiger partial charge on any atom is 0.344 e. The van der Waals surface area contributed by atoms with Crippen LogP contribution in [0.1, 0.15) is 56.9 Å². The first-order valence-corrected chi connectivity index (χ1v) is 8.43. The molecule has 3 aliphatic rings. The smallest absolute Gasteiger partial charge is 0.344 e. The molecule has 0 aromatic carbocycles. The van der Waals surface area contributed by atoms with Crippen LogP contribution in [0.3, 0.4) is 0 Å². The molecule has 3 fully saturated rings. The van der Waals surface area contributed by atoms with Gasteiger partial charge in [0.2, 0.25) is 11.8 Å². The average Bonchev–Trinajstić information content (AvgIpc) is 3.05. The number of carbonyl (C=O) groups is 1. The van der Waals surface area contributed by atoms with Crippen molar-refractivity contribution in [1.29, 1.82) is 0 Å². The molecule has 8 nitrogen and oxygen atoms in total. The summed E-state index contributed by atoms with van der Waals surface area (Å²) in [7, 11) is 0. The van der Waals surface area contributed by atoms with Gasteiger partial charge in [0.25, 0.3) is 0 Å². The highest BCUT2D eigenvalue weighted by Gasteiger charge is 2.63. The molecule has 0 radical (unpaired) electrons. The zero-order valence-electron chi connectivity index (χ0n) is 14.0. The van der Waals surface area contributed by atoms with E-state index in [-0.39, 0.29) is 29.4 Å². The van der Waals surface area contributed by atoms with E-state index in [4.69, 9.17) is 4.42 Å². The first-order chi connectivity index (χ1) is 11.4. The van der Waals surface area contributed by atoms with Crippen molar-refractivity contribution in [3.8, 4) is 0 Å². The Hall–Kier alpha value is -2.09. The Labute approximate surface area is 140 Å². The molecule has 24 heavy (non-hydrogen) atoms. The lowest BCUT2D eigenvalue weighted by Gasteiger charge is -2.34. The number of urea groups is 1. The summed E-state index contributed by atoms with van der Waals surface area (Å²) in [5.41, 5.74) is 0.908. The fourth-order valence-corrected chi connectivity index (χ4v) is 3.87. The van der Waals surface area contributed by atoms with Gasteiger partial charge in [-0.05, 0) is 31.6 Å².